The lowest BCUT2D eigenvalue weighted by atomic mass is 10.3. The zero-order valence-electron chi connectivity index (χ0n) is 12.5. The first kappa shape index (κ1) is 18.3. The summed E-state index contributed by atoms with van der Waals surface area (Å²) in [6.45, 7) is -0.348. The van der Waals surface area contributed by atoms with Crippen LogP contribution in [0.5, 0.6) is 0 Å². The van der Waals surface area contributed by atoms with E-state index in [1.54, 1.807) is 0 Å². The molecule has 0 bridgehead atoms. The third-order valence-electron chi connectivity index (χ3n) is 3.24. The maximum Gasteiger partial charge on any atom is 0.359 e. The number of halogens is 3. The Morgan fingerprint density at radius 2 is 1.83 bits per heavy atom. The Bertz CT molecular complexity index is 952. The fourth-order valence-electron chi connectivity index (χ4n) is 1.79. The van der Waals surface area contributed by atoms with Crippen molar-refractivity contribution in [2.24, 2.45) is 14.1 Å². The summed E-state index contributed by atoms with van der Waals surface area (Å²) in [6.07, 6.45) is 0. The number of hydrogen-bond donors (Lipinski definition) is 1. The number of aromatic nitrogens is 3. The number of hydrogen-bond acceptors (Lipinski definition) is 6. The van der Waals surface area contributed by atoms with Crippen molar-refractivity contribution in [1.29, 1.82) is 0 Å². The molecule has 11 heteroatoms. The second kappa shape index (κ2) is 6.84. The van der Waals surface area contributed by atoms with Crippen molar-refractivity contribution in [2.45, 2.75) is 6.61 Å². The van der Waals surface area contributed by atoms with Crippen LogP contribution < -0.4 is 17.0 Å². The molecule has 0 fully saturated rings. The van der Waals surface area contributed by atoms with Gasteiger partial charge in [0.2, 0.25) is 0 Å². The molecule has 2 aromatic heterocycles. The van der Waals surface area contributed by atoms with Gasteiger partial charge in [0.25, 0.3) is 5.56 Å². The van der Waals surface area contributed by atoms with E-state index in [9.17, 15) is 14.4 Å². The van der Waals surface area contributed by atoms with E-state index >= 15 is 0 Å². The molecule has 0 saturated heterocycles. The van der Waals surface area contributed by atoms with Gasteiger partial charge < -0.3 is 10.5 Å². The molecule has 2 rings (SSSR count). The van der Waals surface area contributed by atoms with Crippen LogP contribution in [0.1, 0.15) is 16.2 Å². The lowest BCUT2D eigenvalue weighted by molar-refractivity contribution is 0.0456. The van der Waals surface area contributed by atoms with Crippen LogP contribution in [0.3, 0.4) is 0 Å². The average Bonchev–Trinajstić information content (AvgIpc) is 2.56. The third kappa shape index (κ3) is 3.26. The highest BCUT2D eigenvalue weighted by Gasteiger charge is 2.21. The number of pyridine rings is 1. The number of anilines is 1. The molecular formula is C13H11Cl3N4O4. The maximum absolute atomic E-state index is 12.1. The van der Waals surface area contributed by atoms with Crippen LogP contribution in [0.15, 0.2) is 15.7 Å². The molecule has 0 amide bonds. The molecule has 0 radical (unpaired) electrons. The Morgan fingerprint density at radius 1 is 1.21 bits per heavy atom. The van der Waals surface area contributed by atoms with Crippen molar-refractivity contribution >= 4 is 46.5 Å². The Labute approximate surface area is 150 Å². The standard InChI is InChI=1S/C13H11Cl3N4O4/c1-19-5(3-6(21)20(2)13(19)23)4-24-12(22)10-7(14)9(17)8(15)11(16)18-10/h3H,4H2,1-2H3,(H2,17,18). The predicted molar refractivity (Wildman–Crippen MR) is 89.7 cm³/mol. The van der Waals surface area contributed by atoms with Crippen LogP contribution in [-0.2, 0) is 25.4 Å². The van der Waals surface area contributed by atoms with Crippen LogP contribution in [-0.4, -0.2) is 20.1 Å². The van der Waals surface area contributed by atoms with Crippen LogP contribution in [0, 0.1) is 0 Å². The zero-order valence-corrected chi connectivity index (χ0v) is 14.7. The summed E-state index contributed by atoms with van der Waals surface area (Å²) < 4.78 is 7.12. The van der Waals surface area contributed by atoms with Gasteiger partial charge in [-0.1, -0.05) is 34.8 Å². The van der Waals surface area contributed by atoms with Gasteiger partial charge in [0.15, 0.2) is 10.8 Å². The van der Waals surface area contributed by atoms with E-state index in [0.29, 0.717) is 0 Å². The Kier molecular flexibility index (Phi) is 5.22. The minimum Gasteiger partial charge on any atom is -0.454 e. The summed E-state index contributed by atoms with van der Waals surface area (Å²) >= 11 is 17.4. The molecule has 0 unspecified atom stereocenters. The fourth-order valence-corrected chi connectivity index (χ4v) is 2.38. The van der Waals surface area contributed by atoms with Crippen molar-refractivity contribution in [1.82, 2.24) is 14.1 Å². The van der Waals surface area contributed by atoms with E-state index in [4.69, 9.17) is 45.3 Å². The van der Waals surface area contributed by atoms with Gasteiger partial charge in [0.05, 0.1) is 16.4 Å². The average molecular weight is 394 g/mol. The van der Waals surface area contributed by atoms with Crippen molar-refractivity contribution in [3.8, 4) is 0 Å². The molecule has 24 heavy (non-hydrogen) atoms. The zero-order chi connectivity index (χ0) is 18.2. The third-order valence-corrected chi connectivity index (χ3v) is 4.38. The molecule has 0 saturated carbocycles. The summed E-state index contributed by atoms with van der Waals surface area (Å²) in [5, 5.41) is -0.481. The summed E-state index contributed by atoms with van der Waals surface area (Å²) in [5.74, 6) is -0.932. The SMILES string of the molecule is Cn1c(COC(=O)c2nc(Cl)c(Cl)c(N)c2Cl)cc(=O)n(C)c1=O. The van der Waals surface area contributed by atoms with Gasteiger partial charge in [-0.05, 0) is 0 Å². The molecular weight excluding hydrogens is 383 g/mol. The summed E-state index contributed by atoms with van der Waals surface area (Å²) in [5.41, 5.74) is 4.31. The minimum absolute atomic E-state index is 0.0767. The van der Waals surface area contributed by atoms with E-state index in [-0.39, 0.29) is 38.9 Å². The van der Waals surface area contributed by atoms with Crippen molar-refractivity contribution in [2.75, 3.05) is 5.73 Å². The number of carbonyl (C=O) groups is 1. The molecule has 128 valence electrons. The highest BCUT2D eigenvalue weighted by molar-refractivity contribution is 6.46. The van der Waals surface area contributed by atoms with Crippen molar-refractivity contribution < 1.29 is 9.53 Å². The van der Waals surface area contributed by atoms with Gasteiger partial charge in [-0.25, -0.2) is 14.6 Å². The quantitative estimate of drug-likeness (QED) is 0.623. The maximum atomic E-state index is 12.1. The summed E-state index contributed by atoms with van der Waals surface area (Å²) in [6, 6.07) is 1.17. The van der Waals surface area contributed by atoms with E-state index in [1.165, 1.54) is 24.7 Å². The van der Waals surface area contributed by atoms with Crippen molar-refractivity contribution in [3.05, 3.63) is 53.5 Å². The molecule has 0 aliphatic heterocycles. The molecule has 0 aliphatic carbocycles. The first-order chi connectivity index (χ1) is 11.1. The van der Waals surface area contributed by atoms with Gasteiger partial charge in [-0.15, -0.1) is 0 Å². The highest BCUT2D eigenvalue weighted by Crippen LogP contribution is 2.34. The Hall–Kier alpha value is -2.03. The molecule has 0 aromatic carbocycles. The Morgan fingerprint density at radius 3 is 2.46 bits per heavy atom. The number of esters is 1. The number of nitrogen functional groups attached to an aromatic ring is 1. The number of carbonyl (C=O) groups excluding carboxylic acids is 1. The van der Waals surface area contributed by atoms with Crippen LogP contribution >= 0.6 is 34.8 Å². The first-order valence-electron chi connectivity index (χ1n) is 6.38. The van der Waals surface area contributed by atoms with Gasteiger partial charge in [0.1, 0.15) is 11.6 Å². The predicted octanol–water partition coefficient (Wildman–Crippen LogP) is 1.38. The van der Waals surface area contributed by atoms with Gasteiger partial charge in [-0.3, -0.25) is 13.9 Å². The van der Waals surface area contributed by atoms with E-state index in [0.717, 1.165) is 4.57 Å². The largest absolute Gasteiger partial charge is 0.454 e. The number of rotatable bonds is 3. The van der Waals surface area contributed by atoms with Gasteiger partial charge >= 0.3 is 11.7 Å². The minimum atomic E-state index is -0.932. The molecule has 0 aliphatic rings. The first-order valence-corrected chi connectivity index (χ1v) is 7.51. The second-order valence-corrected chi connectivity index (χ2v) is 5.86. The topological polar surface area (TPSA) is 109 Å². The van der Waals surface area contributed by atoms with Crippen LogP contribution in [0.25, 0.3) is 0 Å². The van der Waals surface area contributed by atoms with E-state index in [2.05, 4.69) is 4.98 Å². The smallest absolute Gasteiger partial charge is 0.359 e. The van der Waals surface area contributed by atoms with E-state index in [1.807, 2.05) is 0 Å². The highest BCUT2D eigenvalue weighted by atomic mass is 35.5. The molecule has 0 spiro atoms. The van der Waals surface area contributed by atoms with Gasteiger partial charge in [0, 0.05) is 20.2 Å². The van der Waals surface area contributed by atoms with Gasteiger partial charge in [-0.2, -0.15) is 0 Å². The molecule has 2 heterocycles. The normalized spacial score (nSPS) is 10.7. The molecule has 2 N–H and O–H groups in total. The summed E-state index contributed by atoms with van der Waals surface area (Å²) in [7, 11) is 2.77. The summed E-state index contributed by atoms with van der Waals surface area (Å²) in [4.78, 5) is 39.3. The Balaban J connectivity index is 2.30. The fraction of sp³-hybridized carbons (Fsp3) is 0.231. The molecule has 8 nitrogen and oxygen atoms in total. The lowest BCUT2D eigenvalue weighted by Gasteiger charge is -2.11. The molecule has 2 aromatic rings. The second-order valence-electron chi connectivity index (χ2n) is 4.74. The number of nitrogens with two attached hydrogens (primary N) is 1. The van der Waals surface area contributed by atoms with Crippen LogP contribution in [0.2, 0.25) is 15.2 Å². The lowest BCUT2D eigenvalue weighted by Crippen LogP contribution is -2.38. The number of nitrogens with zero attached hydrogens (tertiary/aromatic N) is 3. The monoisotopic (exact) mass is 392 g/mol. The van der Waals surface area contributed by atoms with E-state index < -0.39 is 17.2 Å². The number of ether oxygens (including phenoxy) is 1. The van der Waals surface area contributed by atoms with Crippen molar-refractivity contribution in [3.63, 3.8) is 0 Å². The van der Waals surface area contributed by atoms with Crippen LogP contribution in [0.4, 0.5) is 5.69 Å². The molecule has 0 atom stereocenters.